The highest BCUT2D eigenvalue weighted by atomic mass is 16.7. The molecule has 0 radical (unpaired) electrons. The van der Waals surface area contributed by atoms with Crippen LogP contribution >= 0.6 is 0 Å². The lowest BCUT2D eigenvalue weighted by Gasteiger charge is -2.47. The van der Waals surface area contributed by atoms with Crippen LogP contribution in [-0.2, 0) is 18.9 Å². The molecule has 0 amide bonds. The third-order valence-electron chi connectivity index (χ3n) is 10.3. The fraction of sp³-hybridized carbons (Fsp3) is 1.00. The van der Waals surface area contributed by atoms with E-state index in [1.54, 1.807) is 0 Å². The minimum absolute atomic E-state index is 0.0922. The number of ether oxygens (including phenoxy) is 4. The molecule has 188 valence electrons. The molecule has 0 aromatic heterocycles. The molecule has 4 heterocycles. The predicted octanol–water partition coefficient (Wildman–Crippen LogP) is 4.58. The highest BCUT2D eigenvalue weighted by Gasteiger charge is 2.62. The van der Waals surface area contributed by atoms with Crippen molar-refractivity contribution in [1.82, 2.24) is 9.80 Å². The molecule has 6 heteroatoms. The lowest BCUT2D eigenvalue weighted by Crippen LogP contribution is -2.54. The third-order valence-corrected chi connectivity index (χ3v) is 10.3. The first-order chi connectivity index (χ1) is 15.6. The number of hydrogen-bond acceptors (Lipinski definition) is 6. The van der Waals surface area contributed by atoms with Crippen molar-refractivity contribution in [3.63, 3.8) is 0 Å². The fourth-order valence-corrected chi connectivity index (χ4v) is 7.94. The molecule has 6 nitrogen and oxygen atoms in total. The Morgan fingerprint density at radius 1 is 0.576 bits per heavy atom. The second-order valence-electron chi connectivity index (χ2n) is 13.2. The van der Waals surface area contributed by atoms with Gasteiger partial charge >= 0.3 is 0 Å². The van der Waals surface area contributed by atoms with Crippen LogP contribution in [0.2, 0.25) is 0 Å². The molecule has 10 atom stereocenters. The third kappa shape index (κ3) is 4.21. The number of hydrogen-bond donors (Lipinski definition) is 0. The van der Waals surface area contributed by atoms with Crippen molar-refractivity contribution in [2.24, 2.45) is 23.7 Å². The van der Waals surface area contributed by atoms with Gasteiger partial charge in [0.1, 0.15) is 22.9 Å². The monoisotopic (exact) mass is 462 g/mol. The van der Waals surface area contributed by atoms with Gasteiger partial charge in [0, 0.05) is 12.1 Å². The van der Waals surface area contributed by atoms with E-state index < -0.39 is 0 Å². The summed E-state index contributed by atoms with van der Waals surface area (Å²) in [6, 6.07) is 1.19. The number of rotatable bonds is 8. The molecule has 33 heavy (non-hydrogen) atoms. The van der Waals surface area contributed by atoms with E-state index in [9.17, 15) is 0 Å². The maximum absolute atomic E-state index is 5.89. The Kier molecular flexibility index (Phi) is 5.36. The molecule has 2 saturated carbocycles. The fourth-order valence-electron chi connectivity index (χ4n) is 7.94. The van der Waals surface area contributed by atoms with Gasteiger partial charge in [-0.05, 0) is 96.3 Å². The van der Waals surface area contributed by atoms with Gasteiger partial charge in [-0.15, -0.1) is 0 Å². The first-order valence-electron chi connectivity index (χ1n) is 13.7. The average molecular weight is 463 g/mol. The van der Waals surface area contributed by atoms with E-state index in [4.69, 9.17) is 18.9 Å². The molecule has 6 rings (SSSR count). The van der Waals surface area contributed by atoms with E-state index in [1.165, 1.54) is 44.9 Å². The van der Waals surface area contributed by atoms with Crippen LogP contribution in [0.1, 0.15) is 86.5 Å². The Morgan fingerprint density at radius 3 is 1.12 bits per heavy atom. The summed E-state index contributed by atoms with van der Waals surface area (Å²) in [6.07, 6.45) is 9.25. The zero-order valence-electron chi connectivity index (χ0n) is 21.8. The summed E-state index contributed by atoms with van der Waals surface area (Å²) in [4.78, 5) is 5.19. The van der Waals surface area contributed by atoms with Crippen molar-refractivity contribution in [3.8, 4) is 0 Å². The maximum Gasteiger partial charge on any atom is 0.145 e. The Morgan fingerprint density at radius 2 is 0.879 bits per heavy atom. The van der Waals surface area contributed by atoms with Crippen molar-refractivity contribution in [3.05, 3.63) is 0 Å². The van der Waals surface area contributed by atoms with Gasteiger partial charge in [-0.3, -0.25) is 0 Å². The van der Waals surface area contributed by atoms with Crippen LogP contribution in [0.5, 0.6) is 0 Å². The van der Waals surface area contributed by atoms with Gasteiger partial charge in [-0.2, -0.15) is 0 Å². The molecule has 0 aromatic carbocycles. The Hall–Kier alpha value is -0.240. The molecule has 6 aliphatic rings. The molecule has 0 N–H and O–H groups in total. The lowest BCUT2D eigenvalue weighted by molar-refractivity contribution is -0.0694. The van der Waals surface area contributed by atoms with Crippen LogP contribution < -0.4 is 0 Å². The van der Waals surface area contributed by atoms with Crippen LogP contribution in [-0.4, -0.2) is 71.2 Å². The second-order valence-corrected chi connectivity index (χ2v) is 13.2. The molecule has 10 unspecified atom stereocenters. The SMILES string of the molecule is CC1CC(N(C2(C)CO2)C2(C)CO2)CCC1CC1CCC(N(C2(C)CO2)C2(C)CO2)CC1C. The van der Waals surface area contributed by atoms with Crippen LogP contribution in [0, 0.1) is 23.7 Å². The van der Waals surface area contributed by atoms with Crippen molar-refractivity contribution < 1.29 is 18.9 Å². The van der Waals surface area contributed by atoms with E-state index in [2.05, 4.69) is 51.3 Å². The largest absolute Gasteiger partial charge is 0.354 e. The average Bonchev–Trinajstić information content (AvgIpc) is 3.54. The summed E-state index contributed by atoms with van der Waals surface area (Å²) in [5.41, 5.74) is -0.369. The summed E-state index contributed by atoms with van der Waals surface area (Å²) < 4.78 is 23.5. The lowest BCUT2D eigenvalue weighted by atomic mass is 9.67. The van der Waals surface area contributed by atoms with Crippen molar-refractivity contribution in [1.29, 1.82) is 0 Å². The van der Waals surface area contributed by atoms with Crippen molar-refractivity contribution in [2.75, 3.05) is 26.4 Å². The summed E-state index contributed by atoms with van der Waals surface area (Å²) in [5.74, 6) is 3.26. The van der Waals surface area contributed by atoms with E-state index in [0.29, 0.717) is 12.1 Å². The Labute approximate surface area is 200 Å². The summed E-state index contributed by atoms with van der Waals surface area (Å²) >= 11 is 0. The number of nitrogens with zero attached hydrogens (tertiary/aromatic N) is 2. The zero-order valence-corrected chi connectivity index (χ0v) is 21.8. The first kappa shape index (κ1) is 23.2. The van der Waals surface area contributed by atoms with Gasteiger partial charge in [0.2, 0.25) is 0 Å². The maximum atomic E-state index is 5.89. The van der Waals surface area contributed by atoms with Gasteiger partial charge in [-0.1, -0.05) is 13.8 Å². The van der Waals surface area contributed by atoms with E-state index in [1.807, 2.05) is 0 Å². The highest BCUT2D eigenvalue weighted by molar-refractivity contribution is 5.05. The van der Waals surface area contributed by atoms with Crippen LogP contribution in [0.3, 0.4) is 0 Å². The van der Waals surface area contributed by atoms with Gasteiger partial charge in [0.25, 0.3) is 0 Å². The number of epoxide rings is 4. The molecule has 0 bridgehead atoms. The van der Waals surface area contributed by atoms with E-state index >= 15 is 0 Å². The van der Waals surface area contributed by atoms with Crippen molar-refractivity contribution in [2.45, 2.75) is 121 Å². The molecule has 6 fully saturated rings. The Balaban J connectivity index is 1.05. The van der Waals surface area contributed by atoms with Crippen LogP contribution in [0.4, 0.5) is 0 Å². The highest BCUT2D eigenvalue weighted by Crippen LogP contribution is 2.51. The normalized spacial score (nSPS) is 55.6. The van der Waals surface area contributed by atoms with Gasteiger partial charge in [-0.25, -0.2) is 9.80 Å². The van der Waals surface area contributed by atoms with Gasteiger partial charge < -0.3 is 18.9 Å². The molecule has 2 aliphatic carbocycles. The molecule has 4 saturated heterocycles. The zero-order chi connectivity index (χ0) is 23.2. The van der Waals surface area contributed by atoms with E-state index in [-0.39, 0.29) is 22.9 Å². The minimum Gasteiger partial charge on any atom is -0.354 e. The molecule has 0 spiro atoms. The standard InChI is InChI=1S/C27H46N2O4/c1-18-11-22(28(24(3)14-30-24)25(4)15-31-25)9-7-20(18)13-21-8-10-23(12-19(21)2)29(26(5)16-32-26)27(6)17-33-27/h18-23H,7-17H2,1-6H3. The van der Waals surface area contributed by atoms with Crippen LogP contribution in [0.25, 0.3) is 0 Å². The molecule has 4 aliphatic heterocycles. The predicted molar refractivity (Wildman–Crippen MR) is 126 cm³/mol. The van der Waals surface area contributed by atoms with Gasteiger partial charge in [0.15, 0.2) is 0 Å². The molecular weight excluding hydrogens is 416 g/mol. The first-order valence-corrected chi connectivity index (χ1v) is 13.7. The molecular formula is C27H46N2O4. The van der Waals surface area contributed by atoms with Gasteiger partial charge in [0.05, 0.1) is 26.4 Å². The summed E-state index contributed by atoms with van der Waals surface area (Å²) in [7, 11) is 0. The minimum atomic E-state index is -0.0922. The quantitative estimate of drug-likeness (QED) is 0.492. The topological polar surface area (TPSA) is 56.6 Å². The van der Waals surface area contributed by atoms with Crippen molar-refractivity contribution >= 4 is 0 Å². The van der Waals surface area contributed by atoms with E-state index in [0.717, 1.165) is 50.1 Å². The summed E-state index contributed by atoms with van der Waals surface area (Å²) in [6.45, 7) is 17.4. The summed E-state index contributed by atoms with van der Waals surface area (Å²) in [5, 5.41) is 0. The second kappa shape index (κ2) is 7.63. The smallest absolute Gasteiger partial charge is 0.145 e. The Bertz CT molecular complexity index is 659. The van der Waals surface area contributed by atoms with Crippen LogP contribution in [0.15, 0.2) is 0 Å². The molecule has 0 aromatic rings.